The van der Waals surface area contributed by atoms with Crippen LogP contribution in [0.4, 0.5) is 5.69 Å². The van der Waals surface area contributed by atoms with Gasteiger partial charge in [-0.15, -0.1) is 0 Å². The molecular formula is C23H30N2O4. The predicted molar refractivity (Wildman–Crippen MR) is 114 cm³/mol. The van der Waals surface area contributed by atoms with Crippen LogP contribution in [0.3, 0.4) is 0 Å². The molecular weight excluding hydrogens is 368 g/mol. The number of hydrogen-bond donors (Lipinski definition) is 1. The molecule has 6 nitrogen and oxygen atoms in total. The minimum atomic E-state index is -0.432. The number of nitrogens with zero attached hydrogens (tertiary/aromatic N) is 1. The average Bonchev–Trinajstić information content (AvgIpc) is 2.73. The lowest BCUT2D eigenvalue weighted by atomic mass is 10.0. The maximum atomic E-state index is 12.7. The zero-order valence-corrected chi connectivity index (χ0v) is 17.6. The van der Waals surface area contributed by atoms with Crippen LogP contribution < -0.4 is 5.32 Å². The highest BCUT2D eigenvalue weighted by atomic mass is 16.5. The van der Waals surface area contributed by atoms with E-state index in [1.54, 1.807) is 25.3 Å². The van der Waals surface area contributed by atoms with Gasteiger partial charge in [-0.3, -0.25) is 9.69 Å². The molecule has 0 aliphatic carbocycles. The molecule has 2 aromatic carbocycles. The Morgan fingerprint density at radius 1 is 1.10 bits per heavy atom. The van der Waals surface area contributed by atoms with E-state index in [2.05, 4.69) is 22.3 Å². The number of benzene rings is 2. The molecule has 1 amide bonds. The Bertz CT molecular complexity index is 808. The van der Waals surface area contributed by atoms with Crippen LogP contribution in [0, 0.1) is 6.92 Å². The van der Waals surface area contributed by atoms with Gasteiger partial charge in [-0.05, 0) is 43.1 Å². The lowest BCUT2D eigenvalue weighted by molar-refractivity contribution is -0.118. The monoisotopic (exact) mass is 398 g/mol. The van der Waals surface area contributed by atoms with Gasteiger partial charge in [0.1, 0.15) is 0 Å². The Balaban J connectivity index is 2.08. The van der Waals surface area contributed by atoms with Crippen LogP contribution in [-0.4, -0.2) is 56.7 Å². The van der Waals surface area contributed by atoms with Crippen molar-refractivity contribution in [3.63, 3.8) is 0 Å². The van der Waals surface area contributed by atoms with Crippen molar-refractivity contribution in [1.29, 1.82) is 0 Å². The van der Waals surface area contributed by atoms with Crippen LogP contribution in [-0.2, 0) is 20.7 Å². The molecule has 2 aromatic rings. The molecule has 0 aromatic heterocycles. The van der Waals surface area contributed by atoms with Gasteiger partial charge in [0, 0.05) is 18.8 Å². The first-order valence-electron chi connectivity index (χ1n) is 9.74. The Morgan fingerprint density at radius 3 is 2.45 bits per heavy atom. The van der Waals surface area contributed by atoms with Crippen molar-refractivity contribution in [1.82, 2.24) is 4.90 Å². The summed E-state index contributed by atoms with van der Waals surface area (Å²) in [5.74, 6) is -0.565. The lowest BCUT2D eigenvalue weighted by Gasteiger charge is -2.30. The van der Waals surface area contributed by atoms with E-state index in [1.807, 2.05) is 32.0 Å². The second-order valence-corrected chi connectivity index (χ2v) is 6.93. The fourth-order valence-electron chi connectivity index (χ4n) is 3.25. The summed E-state index contributed by atoms with van der Waals surface area (Å²) in [4.78, 5) is 26.6. The van der Waals surface area contributed by atoms with Crippen molar-refractivity contribution in [2.75, 3.05) is 39.2 Å². The number of carbonyl (C=O) groups excluding carboxylic acids is 2. The maximum absolute atomic E-state index is 12.7. The Kier molecular flexibility index (Phi) is 8.83. The van der Waals surface area contributed by atoms with Crippen molar-refractivity contribution in [3.05, 3.63) is 65.2 Å². The summed E-state index contributed by atoms with van der Waals surface area (Å²) in [6, 6.07) is 15.4. The fourth-order valence-corrected chi connectivity index (χ4v) is 3.25. The second-order valence-electron chi connectivity index (χ2n) is 6.93. The zero-order chi connectivity index (χ0) is 21.2. The highest BCUT2D eigenvalue weighted by molar-refractivity contribution is 5.96. The third-order valence-electron chi connectivity index (χ3n) is 4.88. The fraction of sp³-hybridized carbons (Fsp3) is 0.391. The van der Waals surface area contributed by atoms with Crippen molar-refractivity contribution in [3.8, 4) is 0 Å². The van der Waals surface area contributed by atoms with Gasteiger partial charge >= 0.3 is 5.97 Å². The standard InChI is InChI=1S/C23H30N2O4/c1-5-25(20(16-28-3)13-18-9-7-6-8-10-18)15-22(26)24-21-14-19(23(27)29-4)12-11-17(21)2/h6-12,14,20H,5,13,15-16H2,1-4H3,(H,24,26)/t20-/m1/s1. The molecule has 156 valence electrons. The summed E-state index contributed by atoms with van der Waals surface area (Å²) >= 11 is 0. The average molecular weight is 399 g/mol. The Morgan fingerprint density at radius 2 is 1.83 bits per heavy atom. The summed E-state index contributed by atoms with van der Waals surface area (Å²) in [5, 5.41) is 2.93. The van der Waals surface area contributed by atoms with E-state index < -0.39 is 5.97 Å². The number of aryl methyl sites for hydroxylation is 1. The quantitative estimate of drug-likeness (QED) is 0.622. The van der Waals surface area contributed by atoms with Crippen molar-refractivity contribution in [2.24, 2.45) is 0 Å². The molecule has 0 spiro atoms. The molecule has 1 atom stereocenters. The van der Waals surface area contributed by atoms with Crippen LogP contribution in [0.1, 0.15) is 28.4 Å². The maximum Gasteiger partial charge on any atom is 0.337 e. The smallest absolute Gasteiger partial charge is 0.337 e. The van der Waals surface area contributed by atoms with Gasteiger partial charge in [0.15, 0.2) is 0 Å². The van der Waals surface area contributed by atoms with E-state index in [0.717, 1.165) is 18.5 Å². The predicted octanol–water partition coefficient (Wildman–Crippen LogP) is 3.30. The number of amides is 1. The first-order valence-corrected chi connectivity index (χ1v) is 9.74. The van der Waals surface area contributed by atoms with Crippen LogP contribution >= 0.6 is 0 Å². The number of esters is 1. The number of ether oxygens (including phenoxy) is 2. The molecule has 0 radical (unpaired) electrons. The van der Waals surface area contributed by atoms with Crippen molar-refractivity contribution < 1.29 is 19.1 Å². The number of nitrogens with one attached hydrogen (secondary N) is 1. The molecule has 0 saturated heterocycles. The first-order chi connectivity index (χ1) is 14.0. The van der Waals surface area contributed by atoms with E-state index in [1.165, 1.54) is 12.7 Å². The van der Waals surface area contributed by atoms with E-state index in [9.17, 15) is 9.59 Å². The topological polar surface area (TPSA) is 67.9 Å². The summed E-state index contributed by atoms with van der Waals surface area (Å²) in [6.45, 7) is 5.41. The van der Waals surface area contributed by atoms with Gasteiger partial charge in [0.25, 0.3) is 0 Å². The van der Waals surface area contributed by atoms with Crippen molar-refractivity contribution in [2.45, 2.75) is 26.3 Å². The van der Waals surface area contributed by atoms with E-state index in [0.29, 0.717) is 17.9 Å². The lowest BCUT2D eigenvalue weighted by Crippen LogP contribution is -2.44. The molecule has 29 heavy (non-hydrogen) atoms. The molecule has 0 aliphatic rings. The summed E-state index contributed by atoms with van der Waals surface area (Å²) in [5.41, 5.74) is 3.10. The van der Waals surface area contributed by atoms with E-state index in [4.69, 9.17) is 9.47 Å². The molecule has 1 N–H and O–H groups in total. The van der Waals surface area contributed by atoms with Crippen LogP contribution in [0.25, 0.3) is 0 Å². The molecule has 0 unspecified atom stereocenters. The summed E-state index contributed by atoms with van der Waals surface area (Å²) < 4.78 is 10.2. The molecule has 2 rings (SSSR count). The van der Waals surface area contributed by atoms with Crippen LogP contribution in [0.5, 0.6) is 0 Å². The number of carbonyl (C=O) groups is 2. The number of hydrogen-bond acceptors (Lipinski definition) is 5. The number of anilines is 1. The number of methoxy groups -OCH3 is 2. The number of rotatable bonds is 10. The second kappa shape index (κ2) is 11.3. The third-order valence-corrected chi connectivity index (χ3v) is 4.88. The van der Waals surface area contributed by atoms with Gasteiger partial charge in [0.05, 0.1) is 25.8 Å². The molecule has 6 heteroatoms. The number of likely N-dealkylation sites (N-methyl/N-ethyl adjacent to an activating group) is 1. The molecule has 0 heterocycles. The van der Waals surface area contributed by atoms with Gasteiger partial charge in [-0.25, -0.2) is 4.79 Å². The largest absolute Gasteiger partial charge is 0.465 e. The Labute approximate surface area is 172 Å². The van der Waals surface area contributed by atoms with Gasteiger partial charge in [0.2, 0.25) is 5.91 Å². The molecule has 0 saturated carbocycles. The molecule has 0 bridgehead atoms. The highest BCUT2D eigenvalue weighted by Crippen LogP contribution is 2.18. The Hall–Kier alpha value is -2.70. The van der Waals surface area contributed by atoms with Crippen LogP contribution in [0.15, 0.2) is 48.5 Å². The normalized spacial score (nSPS) is 11.9. The minimum Gasteiger partial charge on any atom is -0.465 e. The van der Waals surface area contributed by atoms with E-state index >= 15 is 0 Å². The third kappa shape index (κ3) is 6.69. The highest BCUT2D eigenvalue weighted by Gasteiger charge is 2.21. The minimum absolute atomic E-state index is 0.0839. The van der Waals surface area contributed by atoms with Gasteiger partial charge in [-0.1, -0.05) is 43.3 Å². The van der Waals surface area contributed by atoms with Crippen LogP contribution in [0.2, 0.25) is 0 Å². The SMILES string of the molecule is CCN(CC(=O)Nc1cc(C(=O)OC)ccc1C)[C@@H](COC)Cc1ccccc1. The van der Waals surface area contributed by atoms with Gasteiger partial charge in [-0.2, -0.15) is 0 Å². The van der Waals surface area contributed by atoms with Crippen molar-refractivity contribution >= 4 is 17.6 Å². The first kappa shape index (κ1) is 22.6. The summed E-state index contributed by atoms with van der Waals surface area (Å²) in [6.07, 6.45) is 0.798. The molecule has 0 fully saturated rings. The van der Waals surface area contributed by atoms with Gasteiger partial charge < -0.3 is 14.8 Å². The zero-order valence-electron chi connectivity index (χ0n) is 17.6. The summed E-state index contributed by atoms with van der Waals surface area (Å²) in [7, 11) is 3.01. The molecule has 0 aliphatic heterocycles. The van der Waals surface area contributed by atoms with E-state index in [-0.39, 0.29) is 18.5 Å².